The lowest BCUT2D eigenvalue weighted by atomic mass is 9.82. The first-order chi connectivity index (χ1) is 8.75. The molecule has 2 rings (SSSR count). The Hall–Kier alpha value is -1.01. The molecule has 0 radical (unpaired) electrons. The van der Waals surface area contributed by atoms with Crippen molar-refractivity contribution in [3.63, 3.8) is 0 Å². The summed E-state index contributed by atoms with van der Waals surface area (Å²) in [6.45, 7) is 0.557. The van der Waals surface area contributed by atoms with Gasteiger partial charge in [0.25, 0.3) is 0 Å². The summed E-state index contributed by atoms with van der Waals surface area (Å²) in [7, 11) is 1.67. The Kier molecular flexibility index (Phi) is 3.92. The maximum absolute atomic E-state index is 12.7. The Morgan fingerprint density at radius 2 is 2.05 bits per heavy atom. The number of halogens is 4. The molecule has 1 aliphatic carbocycles. The zero-order chi connectivity index (χ0) is 14.2. The summed E-state index contributed by atoms with van der Waals surface area (Å²) in [5.41, 5.74) is -0.803. The maximum atomic E-state index is 12.7. The maximum Gasteiger partial charge on any atom is 0.416 e. The highest BCUT2D eigenvalue weighted by Gasteiger charge is 2.33. The van der Waals surface area contributed by atoms with E-state index in [1.165, 1.54) is 0 Å². The second-order valence-electron chi connectivity index (χ2n) is 4.91. The van der Waals surface area contributed by atoms with E-state index in [2.05, 4.69) is 4.98 Å². The van der Waals surface area contributed by atoms with Crippen LogP contribution in [0.3, 0.4) is 0 Å². The smallest absolute Gasteiger partial charge is 0.393 e. The van der Waals surface area contributed by atoms with Gasteiger partial charge in [-0.05, 0) is 30.9 Å². The van der Waals surface area contributed by atoms with E-state index in [0.717, 1.165) is 12.1 Å². The van der Waals surface area contributed by atoms with E-state index in [-0.39, 0.29) is 23.0 Å². The summed E-state index contributed by atoms with van der Waals surface area (Å²) in [4.78, 5) is 5.54. The van der Waals surface area contributed by atoms with Crippen molar-refractivity contribution in [2.24, 2.45) is 5.92 Å². The third-order valence-corrected chi connectivity index (χ3v) is 3.44. The number of alkyl halides is 3. The summed E-state index contributed by atoms with van der Waals surface area (Å²) in [5, 5.41) is 9.02. The molecule has 0 atom stereocenters. The van der Waals surface area contributed by atoms with Crippen molar-refractivity contribution in [3.05, 3.63) is 22.8 Å². The van der Waals surface area contributed by atoms with Crippen molar-refractivity contribution in [2.75, 3.05) is 18.5 Å². The minimum absolute atomic E-state index is 0.176. The van der Waals surface area contributed by atoms with Crippen LogP contribution in [0.15, 0.2) is 12.1 Å². The second-order valence-corrected chi connectivity index (χ2v) is 5.29. The molecule has 1 saturated carbocycles. The molecule has 0 aliphatic heterocycles. The third kappa shape index (κ3) is 3.51. The minimum Gasteiger partial charge on any atom is -0.393 e. The van der Waals surface area contributed by atoms with Crippen molar-refractivity contribution in [3.8, 4) is 0 Å². The molecule has 0 amide bonds. The van der Waals surface area contributed by atoms with Crippen LogP contribution in [0, 0.1) is 5.92 Å². The van der Waals surface area contributed by atoms with Crippen molar-refractivity contribution >= 4 is 17.4 Å². The number of aliphatic hydroxyl groups is 1. The topological polar surface area (TPSA) is 36.4 Å². The lowest BCUT2D eigenvalue weighted by Gasteiger charge is -2.34. The predicted octanol–water partition coefficient (Wildman–Crippen LogP) is 2.96. The highest BCUT2D eigenvalue weighted by Crippen LogP contribution is 2.34. The molecule has 1 aromatic heterocycles. The van der Waals surface area contributed by atoms with Gasteiger partial charge in [-0.3, -0.25) is 0 Å². The first-order valence-corrected chi connectivity index (χ1v) is 6.27. The summed E-state index contributed by atoms with van der Waals surface area (Å²) in [6.07, 6.45) is -3.36. The molecule has 19 heavy (non-hydrogen) atoms. The normalized spacial score (nSPS) is 23.1. The van der Waals surface area contributed by atoms with Gasteiger partial charge in [-0.25, -0.2) is 4.98 Å². The molecule has 1 fully saturated rings. The number of aliphatic hydroxyl groups excluding tert-OH is 1. The lowest BCUT2D eigenvalue weighted by molar-refractivity contribution is -0.137. The summed E-state index contributed by atoms with van der Waals surface area (Å²) in [6, 6.07) is 1.80. The Bertz CT molecular complexity index is 461. The van der Waals surface area contributed by atoms with E-state index in [1.54, 1.807) is 11.9 Å². The molecule has 0 unspecified atom stereocenters. The van der Waals surface area contributed by atoms with E-state index in [0.29, 0.717) is 19.4 Å². The molecular formula is C12H14ClF3N2O. The fourth-order valence-electron chi connectivity index (χ4n) is 2.17. The van der Waals surface area contributed by atoms with Gasteiger partial charge in [-0.1, -0.05) is 11.6 Å². The monoisotopic (exact) mass is 294 g/mol. The van der Waals surface area contributed by atoms with E-state index < -0.39 is 11.7 Å². The van der Waals surface area contributed by atoms with Crippen LogP contribution >= 0.6 is 11.6 Å². The molecule has 1 aliphatic rings. The fraction of sp³-hybridized carbons (Fsp3) is 0.583. The predicted molar refractivity (Wildman–Crippen MR) is 66.2 cm³/mol. The molecule has 1 heterocycles. The van der Waals surface area contributed by atoms with Crippen molar-refractivity contribution in [1.29, 1.82) is 0 Å². The van der Waals surface area contributed by atoms with Crippen molar-refractivity contribution < 1.29 is 18.3 Å². The van der Waals surface area contributed by atoms with Crippen LogP contribution < -0.4 is 4.90 Å². The van der Waals surface area contributed by atoms with Crippen LogP contribution in [0.2, 0.25) is 5.15 Å². The number of hydrogen-bond acceptors (Lipinski definition) is 3. The summed E-state index contributed by atoms with van der Waals surface area (Å²) < 4.78 is 38.0. The van der Waals surface area contributed by atoms with Crippen LogP contribution in [-0.4, -0.2) is 29.8 Å². The molecule has 1 aromatic rings. The van der Waals surface area contributed by atoms with Gasteiger partial charge >= 0.3 is 6.18 Å². The third-order valence-electron chi connectivity index (χ3n) is 3.24. The molecule has 0 saturated heterocycles. The van der Waals surface area contributed by atoms with E-state index in [1.807, 2.05) is 0 Å². The summed E-state index contributed by atoms with van der Waals surface area (Å²) in [5.74, 6) is 0.483. The SMILES string of the molecule is CN(CC1CC(O)C1)c1cc(C(F)(F)F)cc(Cl)n1. The number of rotatable bonds is 3. The molecule has 0 bridgehead atoms. The molecule has 0 spiro atoms. The number of pyridine rings is 1. The van der Waals surface area contributed by atoms with Crippen LogP contribution in [0.5, 0.6) is 0 Å². The molecule has 1 N–H and O–H groups in total. The standard InChI is InChI=1S/C12H14ClF3N2O/c1-18(6-7-2-9(19)3-7)11-5-8(12(14,15)16)4-10(13)17-11/h4-5,7,9,19H,2-3,6H2,1H3. The average Bonchev–Trinajstić information content (AvgIpc) is 2.24. The van der Waals surface area contributed by atoms with Gasteiger partial charge in [-0.2, -0.15) is 13.2 Å². The fourth-order valence-corrected chi connectivity index (χ4v) is 2.38. The Labute approximate surface area is 114 Å². The molecule has 0 aromatic carbocycles. The second kappa shape index (κ2) is 5.17. The van der Waals surface area contributed by atoms with Crippen molar-refractivity contribution in [1.82, 2.24) is 4.98 Å². The van der Waals surface area contributed by atoms with Gasteiger partial charge in [0.05, 0.1) is 11.7 Å². The van der Waals surface area contributed by atoms with E-state index >= 15 is 0 Å². The minimum atomic E-state index is -4.44. The quantitative estimate of drug-likeness (QED) is 0.871. The molecule has 106 valence electrons. The van der Waals surface area contributed by atoms with Crippen LogP contribution in [0.1, 0.15) is 18.4 Å². The number of anilines is 1. The first-order valence-electron chi connectivity index (χ1n) is 5.89. The van der Waals surface area contributed by atoms with Gasteiger partial charge in [0.15, 0.2) is 0 Å². The number of hydrogen-bond donors (Lipinski definition) is 1. The highest BCUT2D eigenvalue weighted by atomic mass is 35.5. The molecule has 3 nitrogen and oxygen atoms in total. The Morgan fingerprint density at radius 1 is 1.42 bits per heavy atom. The van der Waals surface area contributed by atoms with E-state index in [9.17, 15) is 18.3 Å². The van der Waals surface area contributed by atoms with Gasteiger partial charge in [0.1, 0.15) is 11.0 Å². The zero-order valence-corrected chi connectivity index (χ0v) is 11.0. The first kappa shape index (κ1) is 14.4. The van der Waals surface area contributed by atoms with Crippen LogP contribution in [-0.2, 0) is 6.18 Å². The Balaban J connectivity index is 2.12. The highest BCUT2D eigenvalue weighted by molar-refractivity contribution is 6.29. The van der Waals surface area contributed by atoms with Crippen LogP contribution in [0.4, 0.5) is 19.0 Å². The van der Waals surface area contributed by atoms with Crippen LogP contribution in [0.25, 0.3) is 0 Å². The number of aromatic nitrogens is 1. The average molecular weight is 295 g/mol. The van der Waals surface area contributed by atoms with Gasteiger partial charge in [-0.15, -0.1) is 0 Å². The van der Waals surface area contributed by atoms with Gasteiger partial charge in [0.2, 0.25) is 0 Å². The molecule has 7 heteroatoms. The lowest BCUT2D eigenvalue weighted by Crippen LogP contribution is -2.37. The largest absolute Gasteiger partial charge is 0.416 e. The number of nitrogens with zero attached hydrogens (tertiary/aromatic N) is 2. The summed E-state index contributed by atoms with van der Waals surface area (Å²) >= 11 is 5.63. The zero-order valence-electron chi connectivity index (χ0n) is 10.3. The van der Waals surface area contributed by atoms with Gasteiger partial charge in [0, 0.05) is 13.6 Å². The Morgan fingerprint density at radius 3 is 2.58 bits per heavy atom. The van der Waals surface area contributed by atoms with E-state index in [4.69, 9.17) is 11.6 Å². The van der Waals surface area contributed by atoms with Crippen molar-refractivity contribution in [2.45, 2.75) is 25.1 Å². The van der Waals surface area contributed by atoms with Gasteiger partial charge < -0.3 is 10.0 Å². The molecular weight excluding hydrogens is 281 g/mol.